The van der Waals surface area contributed by atoms with Crippen LogP contribution in [-0.4, -0.2) is 23.4 Å². The van der Waals surface area contributed by atoms with E-state index in [0.29, 0.717) is 17.7 Å². The summed E-state index contributed by atoms with van der Waals surface area (Å²) in [5, 5.41) is 17.4. The van der Waals surface area contributed by atoms with Crippen molar-refractivity contribution in [2.24, 2.45) is 0 Å². The van der Waals surface area contributed by atoms with Crippen molar-refractivity contribution in [2.75, 3.05) is 7.11 Å². The van der Waals surface area contributed by atoms with Crippen LogP contribution in [0, 0.1) is 0 Å². The van der Waals surface area contributed by atoms with Crippen molar-refractivity contribution in [3.05, 3.63) is 23.3 Å². The fourth-order valence-electron chi connectivity index (χ4n) is 1.36. The molecular formula is C10H12O5. The van der Waals surface area contributed by atoms with Crippen LogP contribution in [0.2, 0.25) is 0 Å². The van der Waals surface area contributed by atoms with Gasteiger partial charge >= 0.3 is 5.97 Å². The molecule has 1 aromatic rings. The maximum absolute atomic E-state index is 10.7. The third-order valence-corrected chi connectivity index (χ3v) is 2.09. The summed E-state index contributed by atoms with van der Waals surface area (Å²) in [6.45, 7) is 1.85. The first-order valence-corrected chi connectivity index (χ1v) is 4.39. The third-order valence-electron chi connectivity index (χ3n) is 2.09. The number of methoxy groups -OCH3 is 1. The summed E-state index contributed by atoms with van der Waals surface area (Å²) in [6, 6.07) is 2.65. The number of ether oxygens (including phenoxy) is 1. The average Bonchev–Trinajstić information content (AvgIpc) is 2.26. The van der Waals surface area contributed by atoms with Crippen molar-refractivity contribution in [3.63, 3.8) is 0 Å². The van der Waals surface area contributed by atoms with E-state index in [1.54, 1.807) is 0 Å². The van der Waals surface area contributed by atoms with Crippen molar-refractivity contribution in [1.29, 1.82) is 0 Å². The van der Waals surface area contributed by atoms with Crippen LogP contribution >= 0.6 is 0 Å². The molecule has 1 aromatic carbocycles. The highest BCUT2D eigenvalue weighted by Crippen LogP contribution is 2.30. The first-order chi connectivity index (χ1) is 7.13. The van der Waals surface area contributed by atoms with E-state index >= 15 is 0 Å². The summed E-state index contributed by atoms with van der Waals surface area (Å²) in [4.78, 5) is 14.9. The standard InChI is InChI=1S/C10H12O5/c1-3-7-8(14-2)4-6(10(11)12)5-9(7)15-13/h4-5,13H,3H2,1-2H3,(H,11,12). The fourth-order valence-corrected chi connectivity index (χ4v) is 1.36. The molecule has 5 heteroatoms. The Morgan fingerprint density at radius 1 is 1.40 bits per heavy atom. The number of aromatic carboxylic acids is 1. The lowest BCUT2D eigenvalue weighted by Crippen LogP contribution is -2.02. The number of carbonyl (C=O) groups is 1. The smallest absolute Gasteiger partial charge is 0.335 e. The van der Waals surface area contributed by atoms with Gasteiger partial charge in [0.2, 0.25) is 0 Å². The maximum atomic E-state index is 10.7. The second-order valence-corrected chi connectivity index (χ2v) is 2.91. The van der Waals surface area contributed by atoms with Crippen LogP contribution in [0.4, 0.5) is 0 Å². The highest BCUT2D eigenvalue weighted by Gasteiger charge is 2.14. The predicted octanol–water partition coefficient (Wildman–Crippen LogP) is 1.81. The molecule has 0 amide bonds. The summed E-state index contributed by atoms with van der Waals surface area (Å²) in [7, 11) is 1.43. The van der Waals surface area contributed by atoms with Crippen molar-refractivity contribution < 1.29 is 24.8 Å². The molecule has 2 N–H and O–H groups in total. The van der Waals surface area contributed by atoms with Crippen molar-refractivity contribution in [3.8, 4) is 11.5 Å². The summed E-state index contributed by atoms with van der Waals surface area (Å²) in [5.74, 6) is -0.607. The Morgan fingerprint density at radius 2 is 2.00 bits per heavy atom. The van der Waals surface area contributed by atoms with Gasteiger partial charge < -0.3 is 14.7 Å². The van der Waals surface area contributed by atoms with Gasteiger partial charge in [-0.1, -0.05) is 6.92 Å². The summed E-state index contributed by atoms with van der Waals surface area (Å²) in [5.41, 5.74) is 0.637. The lowest BCUT2D eigenvalue weighted by Gasteiger charge is -2.11. The van der Waals surface area contributed by atoms with E-state index in [-0.39, 0.29) is 11.3 Å². The number of carboxylic acids is 1. The Hall–Kier alpha value is -1.75. The van der Waals surface area contributed by atoms with E-state index in [0.717, 1.165) is 0 Å². The van der Waals surface area contributed by atoms with E-state index in [9.17, 15) is 4.79 Å². The monoisotopic (exact) mass is 212 g/mol. The molecule has 5 nitrogen and oxygen atoms in total. The number of carboxylic acid groups (broad SMARTS) is 1. The Morgan fingerprint density at radius 3 is 2.40 bits per heavy atom. The van der Waals surface area contributed by atoms with Gasteiger partial charge in [0.1, 0.15) is 5.75 Å². The molecule has 0 bridgehead atoms. The first-order valence-electron chi connectivity index (χ1n) is 4.39. The number of rotatable bonds is 4. The second kappa shape index (κ2) is 4.65. The Labute approximate surface area is 86.8 Å². The molecule has 0 fully saturated rings. The van der Waals surface area contributed by atoms with Crippen molar-refractivity contribution in [2.45, 2.75) is 13.3 Å². The van der Waals surface area contributed by atoms with Gasteiger partial charge in [-0.15, -0.1) is 0 Å². The Balaban J connectivity index is 3.35. The molecule has 0 aliphatic carbocycles. The van der Waals surface area contributed by atoms with Gasteiger partial charge in [-0.2, -0.15) is 0 Å². The molecule has 0 aliphatic heterocycles. The average molecular weight is 212 g/mol. The van der Waals surface area contributed by atoms with E-state index in [4.69, 9.17) is 15.1 Å². The first kappa shape index (κ1) is 11.3. The largest absolute Gasteiger partial charge is 0.496 e. The highest BCUT2D eigenvalue weighted by molar-refractivity contribution is 5.89. The molecule has 0 aliphatic rings. The molecule has 0 aromatic heterocycles. The van der Waals surface area contributed by atoms with Gasteiger partial charge in [0, 0.05) is 5.56 Å². The quantitative estimate of drug-likeness (QED) is 0.588. The van der Waals surface area contributed by atoms with Crippen molar-refractivity contribution >= 4 is 5.97 Å². The van der Waals surface area contributed by atoms with Crippen LogP contribution < -0.4 is 9.62 Å². The van der Waals surface area contributed by atoms with Gasteiger partial charge in [-0.3, -0.25) is 0 Å². The minimum Gasteiger partial charge on any atom is -0.496 e. The van der Waals surface area contributed by atoms with Gasteiger partial charge in [-0.05, 0) is 18.6 Å². The van der Waals surface area contributed by atoms with Crippen LogP contribution in [-0.2, 0) is 6.42 Å². The maximum Gasteiger partial charge on any atom is 0.335 e. The molecule has 0 radical (unpaired) electrons. The van der Waals surface area contributed by atoms with Gasteiger partial charge in [0.05, 0.1) is 12.7 Å². The van der Waals surface area contributed by atoms with E-state index in [1.165, 1.54) is 19.2 Å². The molecule has 0 heterocycles. The summed E-state index contributed by atoms with van der Waals surface area (Å²) >= 11 is 0. The van der Waals surface area contributed by atoms with Gasteiger partial charge in [0.15, 0.2) is 5.75 Å². The van der Waals surface area contributed by atoms with Gasteiger partial charge in [0.25, 0.3) is 0 Å². The molecule has 0 spiro atoms. The zero-order valence-corrected chi connectivity index (χ0v) is 8.48. The molecule has 1 rings (SSSR count). The molecular weight excluding hydrogens is 200 g/mol. The van der Waals surface area contributed by atoms with Crippen LogP contribution in [0.3, 0.4) is 0 Å². The Kier molecular flexibility index (Phi) is 3.51. The molecule has 15 heavy (non-hydrogen) atoms. The minimum atomic E-state index is -1.10. The predicted molar refractivity (Wildman–Crippen MR) is 52.6 cm³/mol. The molecule has 0 saturated heterocycles. The summed E-state index contributed by atoms with van der Waals surface area (Å²) < 4.78 is 5.02. The number of hydrogen-bond donors (Lipinski definition) is 2. The topological polar surface area (TPSA) is 76.0 Å². The lowest BCUT2D eigenvalue weighted by molar-refractivity contribution is -0.138. The zero-order valence-electron chi connectivity index (χ0n) is 8.48. The number of benzene rings is 1. The van der Waals surface area contributed by atoms with Crippen LogP contribution in [0.25, 0.3) is 0 Å². The fraction of sp³-hybridized carbons (Fsp3) is 0.300. The zero-order chi connectivity index (χ0) is 11.4. The minimum absolute atomic E-state index is 0.00750. The van der Waals surface area contributed by atoms with Crippen LogP contribution in [0.15, 0.2) is 12.1 Å². The van der Waals surface area contributed by atoms with Crippen LogP contribution in [0.5, 0.6) is 11.5 Å². The van der Waals surface area contributed by atoms with Gasteiger partial charge in [-0.25, -0.2) is 10.1 Å². The van der Waals surface area contributed by atoms with Crippen molar-refractivity contribution in [1.82, 2.24) is 0 Å². The third kappa shape index (κ3) is 2.19. The Bertz CT molecular complexity index is 347. The molecule has 0 saturated carbocycles. The molecule has 0 unspecified atom stereocenters. The molecule has 82 valence electrons. The highest BCUT2D eigenvalue weighted by atomic mass is 17.1. The van der Waals surface area contributed by atoms with E-state index in [2.05, 4.69) is 4.89 Å². The van der Waals surface area contributed by atoms with Crippen LogP contribution in [0.1, 0.15) is 22.8 Å². The number of hydrogen-bond acceptors (Lipinski definition) is 4. The molecule has 0 atom stereocenters. The van der Waals surface area contributed by atoms with E-state index in [1.807, 2.05) is 6.92 Å². The second-order valence-electron chi connectivity index (χ2n) is 2.91. The van der Waals surface area contributed by atoms with E-state index < -0.39 is 5.97 Å². The SMILES string of the molecule is CCc1c(OC)cc(C(=O)O)cc1OO. The normalized spacial score (nSPS) is 9.80. The summed E-state index contributed by atoms with van der Waals surface area (Å²) in [6.07, 6.45) is 0.568. The lowest BCUT2D eigenvalue weighted by atomic mass is 10.1.